The first kappa shape index (κ1) is 16.2. The summed E-state index contributed by atoms with van der Waals surface area (Å²) in [5.41, 5.74) is 3.19. The van der Waals surface area contributed by atoms with Crippen LogP contribution in [0.5, 0.6) is 17.2 Å². The molecule has 0 aliphatic carbocycles. The lowest BCUT2D eigenvalue weighted by molar-refractivity contribution is -0.132. The van der Waals surface area contributed by atoms with E-state index in [1.807, 2.05) is 50.2 Å². The molecule has 0 aromatic heterocycles. The molecule has 5 nitrogen and oxygen atoms in total. The standard InChI is InChI=1S/C19H21NO4/c1-13-5-4-6-16(14(13)2)22-11-19(21)20(3)10-15-7-8-17-18(9-15)24-12-23-17/h4-9H,10-12H2,1-3H3. The largest absolute Gasteiger partial charge is 0.483 e. The van der Waals surface area contributed by atoms with Crippen LogP contribution in [0.3, 0.4) is 0 Å². The van der Waals surface area contributed by atoms with Crippen molar-refractivity contribution >= 4 is 5.91 Å². The van der Waals surface area contributed by atoms with Gasteiger partial charge in [0.25, 0.3) is 5.91 Å². The number of nitrogens with zero attached hydrogens (tertiary/aromatic N) is 1. The number of ether oxygens (including phenoxy) is 3. The Morgan fingerprint density at radius 3 is 2.79 bits per heavy atom. The maximum atomic E-state index is 12.3. The molecular formula is C19H21NO4. The fourth-order valence-electron chi connectivity index (χ4n) is 2.53. The van der Waals surface area contributed by atoms with Gasteiger partial charge in [0.05, 0.1) is 0 Å². The molecule has 0 saturated carbocycles. The SMILES string of the molecule is Cc1cccc(OCC(=O)N(C)Cc2ccc3c(c2)OCO3)c1C. The molecule has 2 aromatic rings. The van der Waals surface area contributed by atoms with Crippen molar-refractivity contribution < 1.29 is 19.0 Å². The zero-order chi connectivity index (χ0) is 17.1. The Balaban J connectivity index is 1.58. The van der Waals surface area contributed by atoms with Gasteiger partial charge in [-0.25, -0.2) is 0 Å². The third-order valence-corrected chi connectivity index (χ3v) is 4.19. The second-order valence-electron chi connectivity index (χ2n) is 5.92. The van der Waals surface area contributed by atoms with Crippen molar-refractivity contribution in [3.05, 3.63) is 53.1 Å². The summed E-state index contributed by atoms with van der Waals surface area (Å²) < 4.78 is 16.3. The minimum absolute atomic E-state index is 0.0192. The van der Waals surface area contributed by atoms with Crippen LogP contribution in [0.15, 0.2) is 36.4 Å². The minimum Gasteiger partial charge on any atom is -0.483 e. The average Bonchev–Trinajstić information content (AvgIpc) is 3.03. The molecular weight excluding hydrogens is 306 g/mol. The molecule has 0 unspecified atom stereocenters. The van der Waals surface area contributed by atoms with Crippen LogP contribution in [-0.4, -0.2) is 31.3 Å². The highest BCUT2D eigenvalue weighted by Gasteiger charge is 2.16. The summed E-state index contributed by atoms with van der Waals surface area (Å²) >= 11 is 0. The van der Waals surface area contributed by atoms with Crippen LogP contribution in [0, 0.1) is 13.8 Å². The van der Waals surface area contributed by atoms with Crippen molar-refractivity contribution in [1.29, 1.82) is 0 Å². The van der Waals surface area contributed by atoms with E-state index in [0.717, 1.165) is 33.9 Å². The summed E-state index contributed by atoms with van der Waals surface area (Å²) in [5.74, 6) is 2.14. The van der Waals surface area contributed by atoms with Crippen molar-refractivity contribution in [2.45, 2.75) is 20.4 Å². The summed E-state index contributed by atoms with van der Waals surface area (Å²) in [5, 5.41) is 0. The van der Waals surface area contributed by atoms with Crippen molar-refractivity contribution in [3.63, 3.8) is 0 Å². The highest BCUT2D eigenvalue weighted by atomic mass is 16.7. The maximum Gasteiger partial charge on any atom is 0.260 e. The molecule has 126 valence electrons. The number of hydrogen-bond acceptors (Lipinski definition) is 4. The molecule has 1 aliphatic rings. The Morgan fingerprint density at radius 1 is 1.17 bits per heavy atom. The Hall–Kier alpha value is -2.69. The highest BCUT2D eigenvalue weighted by molar-refractivity contribution is 5.77. The lowest BCUT2D eigenvalue weighted by Crippen LogP contribution is -2.31. The highest BCUT2D eigenvalue weighted by Crippen LogP contribution is 2.32. The van der Waals surface area contributed by atoms with Crippen LogP contribution in [0.25, 0.3) is 0 Å². The predicted molar refractivity (Wildman–Crippen MR) is 90.5 cm³/mol. The zero-order valence-corrected chi connectivity index (χ0v) is 14.2. The Bertz CT molecular complexity index is 757. The van der Waals surface area contributed by atoms with Gasteiger partial charge < -0.3 is 19.1 Å². The van der Waals surface area contributed by atoms with E-state index in [9.17, 15) is 4.79 Å². The number of hydrogen-bond donors (Lipinski definition) is 0. The molecule has 0 atom stereocenters. The molecule has 0 radical (unpaired) electrons. The molecule has 0 bridgehead atoms. The number of rotatable bonds is 5. The monoisotopic (exact) mass is 327 g/mol. The quantitative estimate of drug-likeness (QED) is 0.847. The number of carbonyl (C=O) groups excluding carboxylic acids is 1. The molecule has 3 rings (SSSR count). The van der Waals surface area contributed by atoms with E-state index in [2.05, 4.69) is 0 Å². The van der Waals surface area contributed by atoms with Gasteiger partial charge in [-0.2, -0.15) is 0 Å². The fourth-order valence-corrected chi connectivity index (χ4v) is 2.53. The van der Waals surface area contributed by atoms with Crippen LogP contribution < -0.4 is 14.2 Å². The van der Waals surface area contributed by atoms with Gasteiger partial charge in [-0.15, -0.1) is 0 Å². The molecule has 2 aromatic carbocycles. The third kappa shape index (κ3) is 3.45. The molecule has 1 heterocycles. The Kier molecular flexibility index (Phi) is 4.60. The molecule has 0 N–H and O–H groups in total. The Morgan fingerprint density at radius 2 is 1.96 bits per heavy atom. The molecule has 0 spiro atoms. The van der Waals surface area contributed by atoms with Crippen molar-refractivity contribution in [2.75, 3.05) is 20.4 Å². The number of aryl methyl sites for hydroxylation is 1. The van der Waals surface area contributed by atoms with Gasteiger partial charge in [0.2, 0.25) is 6.79 Å². The lowest BCUT2D eigenvalue weighted by Gasteiger charge is -2.18. The van der Waals surface area contributed by atoms with Crippen LogP contribution >= 0.6 is 0 Å². The second kappa shape index (κ2) is 6.83. The van der Waals surface area contributed by atoms with E-state index in [1.54, 1.807) is 11.9 Å². The predicted octanol–water partition coefficient (Wildman–Crippen LogP) is 3.07. The number of likely N-dealkylation sites (N-methyl/N-ethyl adjacent to an activating group) is 1. The van der Waals surface area contributed by atoms with Gasteiger partial charge in [0, 0.05) is 13.6 Å². The van der Waals surface area contributed by atoms with Crippen LogP contribution in [-0.2, 0) is 11.3 Å². The van der Waals surface area contributed by atoms with Crippen LogP contribution in [0.4, 0.5) is 0 Å². The minimum atomic E-state index is -0.0754. The number of carbonyl (C=O) groups is 1. The first-order chi connectivity index (χ1) is 11.5. The van der Waals surface area contributed by atoms with Crippen molar-refractivity contribution in [2.24, 2.45) is 0 Å². The summed E-state index contributed by atoms with van der Waals surface area (Å²) in [6, 6.07) is 11.5. The Labute approximate surface area is 141 Å². The van der Waals surface area contributed by atoms with Crippen molar-refractivity contribution in [1.82, 2.24) is 4.90 Å². The topological polar surface area (TPSA) is 48.0 Å². The van der Waals surface area contributed by atoms with E-state index in [0.29, 0.717) is 6.54 Å². The van der Waals surface area contributed by atoms with E-state index in [4.69, 9.17) is 14.2 Å². The first-order valence-corrected chi connectivity index (χ1v) is 7.86. The smallest absolute Gasteiger partial charge is 0.260 e. The average molecular weight is 327 g/mol. The summed E-state index contributed by atoms with van der Waals surface area (Å²) in [6.45, 7) is 4.77. The summed E-state index contributed by atoms with van der Waals surface area (Å²) in [4.78, 5) is 13.9. The molecule has 1 amide bonds. The molecule has 24 heavy (non-hydrogen) atoms. The van der Waals surface area contributed by atoms with Gasteiger partial charge in [-0.05, 0) is 48.7 Å². The second-order valence-corrected chi connectivity index (χ2v) is 5.92. The van der Waals surface area contributed by atoms with Crippen molar-refractivity contribution in [3.8, 4) is 17.2 Å². The summed E-state index contributed by atoms with van der Waals surface area (Å²) in [6.07, 6.45) is 0. The van der Waals surface area contributed by atoms with Gasteiger partial charge in [-0.1, -0.05) is 18.2 Å². The molecule has 0 saturated heterocycles. The normalized spacial score (nSPS) is 12.1. The van der Waals surface area contributed by atoms with Crippen LogP contribution in [0.2, 0.25) is 0 Å². The van der Waals surface area contributed by atoms with Gasteiger partial charge in [-0.3, -0.25) is 4.79 Å². The van der Waals surface area contributed by atoms with Crippen LogP contribution in [0.1, 0.15) is 16.7 Å². The number of amides is 1. The maximum absolute atomic E-state index is 12.3. The van der Waals surface area contributed by atoms with E-state index in [-0.39, 0.29) is 19.3 Å². The fraction of sp³-hybridized carbons (Fsp3) is 0.316. The lowest BCUT2D eigenvalue weighted by atomic mass is 10.1. The number of fused-ring (bicyclic) bond motifs is 1. The summed E-state index contributed by atoms with van der Waals surface area (Å²) in [7, 11) is 1.76. The van der Waals surface area contributed by atoms with E-state index >= 15 is 0 Å². The molecule has 1 aliphatic heterocycles. The number of benzene rings is 2. The van der Waals surface area contributed by atoms with Gasteiger partial charge in [0.15, 0.2) is 18.1 Å². The zero-order valence-electron chi connectivity index (χ0n) is 14.2. The van der Waals surface area contributed by atoms with Gasteiger partial charge >= 0.3 is 0 Å². The third-order valence-electron chi connectivity index (χ3n) is 4.19. The first-order valence-electron chi connectivity index (χ1n) is 7.86. The van der Waals surface area contributed by atoms with Gasteiger partial charge in [0.1, 0.15) is 5.75 Å². The van der Waals surface area contributed by atoms with E-state index < -0.39 is 0 Å². The van der Waals surface area contributed by atoms with E-state index in [1.165, 1.54) is 0 Å². The molecule has 5 heteroatoms. The molecule has 0 fully saturated rings.